The van der Waals surface area contributed by atoms with Crippen LogP contribution in [0.15, 0.2) is 42.5 Å². The molecule has 2 aromatic carbocycles. The Hall–Kier alpha value is -2.70. The SMILES string of the molecule is O=C(CC(NC1CC1)(C(=O)O)C1c2ccccc2N[C@@H]2CCC[C@H]12)C(=O)C1CCCc2cc(Cl)ccc21. The number of Topliss-reactive ketones (excluding diaryl/α,β-unsaturated/α-hetero) is 2. The molecule has 3 aliphatic carbocycles. The molecule has 1 aliphatic heterocycles. The zero-order valence-electron chi connectivity index (χ0n) is 20.8. The molecule has 6 rings (SSSR count). The minimum Gasteiger partial charge on any atom is -0.480 e. The highest BCUT2D eigenvalue weighted by molar-refractivity contribution is 6.40. The molecular weight excluding hydrogens is 488 g/mol. The fourth-order valence-corrected chi connectivity index (χ4v) is 7.43. The van der Waals surface area contributed by atoms with Crippen molar-refractivity contribution in [1.82, 2.24) is 5.32 Å². The fourth-order valence-electron chi connectivity index (χ4n) is 7.23. The zero-order chi connectivity index (χ0) is 25.7. The number of carbonyl (C=O) groups excluding carboxylic acids is 2. The largest absolute Gasteiger partial charge is 0.480 e. The Bertz CT molecular complexity index is 1260. The summed E-state index contributed by atoms with van der Waals surface area (Å²) in [4.78, 5) is 40.8. The maximum Gasteiger partial charge on any atom is 0.325 e. The summed E-state index contributed by atoms with van der Waals surface area (Å²) >= 11 is 6.18. The van der Waals surface area contributed by atoms with E-state index in [0.29, 0.717) is 11.4 Å². The van der Waals surface area contributed by atoms with E-state index >= 15 is 0 Å². The topological polar surface area (TPSA) is 95.5 Å². The third-order valence-electron chi connectivity index (χ3n) is 9.04. The molecule has 2 fully saturated rings. The molecule has 0 saturated heterocycles. The van der Waals surface area contributed by atoms with Gasteiger partial charge in [-0.25, -0.2) is 0 Å². The van der Waals surface area contributed by atoms with Crippen molar-refractivity contribution in [3.63, 3.8) is 0 Å². The number of halogens is 1. The first-order valence-corrected chi connectivity index (χ1v) is 14.0. The summed E-state index contributed by atoms with van der Waals surface area (Å²) in [6.45, 7) is 0. The summed E-state index contributed by atoms with van der Waals surface area (Å²) in [6.07, 6.45) is 6.54. The summed E-state index contributed by atoms with van der Waals surface area (Å²) in [5.41, 5.74) is 2.20. The van der Waals surface area contributed by atoms with Crippen molar-refractivity contribution in [2.75, 3.05) is 5.32 Å². The highest BCUT2D eigenvalue weighted by atomic mass is 35.5. The van der Waals surface area contributed by atoms with Gasteiger partial charge < -0.3 is 10.4 Å². The second-order valence-corrected chi connectivity index (χ2v) is 11.8. The maximum atomic E-state index is 13.8. The van der Waals surface area contributed by atoms with Gasteiger partial charge in [-0.1, -0.05) is 42.3 Å². The number of anilines is 1. The first-order valence-electron chi connectivity index (χ1n) is 13.6. The van der Waals surface area contributed by atoms with E-state index < -0.39 is 34.9 Å². The summed E-state index contributed by atoms with van der Waals surface area (Å²) in [6, 6.07) is 13.6. The third kappa shape index (κ3) is 4.38. The molecule has 7 heteroatoms. The second-order valence-electron chi connectivity index (χ2n) is 11.4. The molecule has 0 amide bonds. The lowest BCUT2D eigenvalue weighted by Crippen LogP contribution is -2.62. The summed E-state index contributed by atoms with van der Waals surface area (Å²) in [5.74, 6) is -2.96. The first-order chi connectivity index (χ1) is 17.9. The van der Waals surface area contributed by atoms with Crippen molar-refractivity contribution in [3.8, 4) is 0 Å². The van der Waals surface area contributed by atoms with Crippen LogP contribution in [0.2, 0.25) is 5.02 Å². The molecule has 3 unspecified atom stereocenters. The number of aliphatic carboxylic acids is 1. The number of carboxylic acids is 1. The Labute approximate surface area is 222 Å². The molecule has 2 aromatic rings. The van der Waals surface area contributed by atoms with E-state index in [1.807, 2.05) is 36.4 Å². The van der Waals surface area contributed by atoms with Crippen molar-refractivity contribution in [3.05, 3.63) is 64.2 Å². The number of carboxylic acid groups (broad SMARTS) is 1. The van der Waals surface area contributed by atoms with Crippen LogP contribution in [0.25, 0.3) is 0 Å². The Morgan fingerprint density at radius 3 is 2.59 bits per heavy atom. The van der Waals surface area contributed by atoms with Gasteiger partial charge in [-0.15, -0.1) is 0 Å². The molecule has 0 radical (unpaired) electrons. The normalized spacial score (nSPS) is 27.7. The van der Waals surface area contributed by atoms with Gasteiger partial charge in [0.25, 0.3) is 0 Å². The van der Waals surface area contributed by atoms with Crippen LogP contribution in [-0.4, -0.2) is 40.3 Å². The van der Waals surface area contributed by atoms with Crippen molar-refractivity contribution in [2.24, 2.45) is 5.92 Å². The van der Waals surface area contributed by atoms with Gasteiger partial charge in [0.05, 0.1) is 5.92 Å². The van der Waals surface area contributed by atoms with Crippen molar-refractivity contribution >= 4 is 34.8 Å². The lowest BCUT2D eigenvalue weighted by Gasteiger charge is -2.47. The highest BCUT2D eigenvalue weighted by Crippen LogP contribution is 2.52. The van der Waals surface area contributed by atoms with Gasteiger partial charge in [0.2, 0.25) is 11.6 Å². The molecule has 1 heterocycles. The van der Waals surface area contributed by atoms with Crippen LogP contribution in [0.1, 0.15) is 79.9 Å². The third-order valence-corrected chi connectivity index (χ3v) is 9.27. The number of nitrogens with one attached hydrogen (secondary N) is 2. The summed E-state index contributed by atoms with van der Waals surface area (Å²) in [5, 5.41) is 18.5. The molecule has 4 aliphatic rings. The van der Waals surface area contributed by atoms with Gasteiger partial charge in [0.1, 0.15) is 5.54 Å². The molecular formula is C30H33ClN2O4. The lowest BCUT2D eigenvalue weighted by atomic mass is 9.65. The molecule has 6 nitrogen and oxygen atoms in total. The van der Waals surface area contributed by atoms with Crippen LogP contribution in [0.5, 0.6) is 0 Å². The number of hydrogen-bond acceptors (Lipinski definition) is 5. The molecule has 0 bridgehead atoms. The average molecular weight is 521 g/mol. The summed E-state index contributed by atoms with van der Waals surface area (Å²) in [7, 11) is 0. The van der Waals surface area contributed by atoms with Crippen LogP contribution in [0.4, 0.5) is 5.69 Å². The smallest absolute Gasteiger partial charge is 0.325 e. The second kappa shape index (κ2) is 9.55. The average Bonchev–Trinajstić information content (AvgIpc) is 3.58. The Balaban J connectivity index is 1.38. The number of carbonyl (C=O) groups is 3. The maximum absolute atomic E-state index is 13.8. The van der Waals surface area contributed by atoms with Gasteiger partial charge in [0, 0.05) is 35.1 Å². The number of hydrogen-bond donors (Lipinski definition) is 3. The number of para-hydroxylation sites is 1. The predicted molar refractivity (Wildman–Crippen MR) is 142 cm³/mol. The number of aryl methyl sites for hydroxylation is 1. The van der Waals surface area contributed by atoms with E-state index in [0.717, 1.165) is 67.3 Å². The van der Waals surface area contributed by atoms with Gasteiger partial charge in [-0.05, 0) is 85.8 Å². The Kier molecular flexibility index (Phi) is 6.36. The first kappa shape index (κ1) is 24.6. The number of ketones is 2. The number of rotatable bonds is 8. The lowest BCUT2D eigenvalue weighted by molar-refractivity contribution is -0.151. The quantitative estimate of drug-likeness (QED) is 0.412. The monoisotopic (exact) mass is 520 g/mol. The van der Waals surface area contributed by atoms with Crippen LogP contribution in [-0.2, 0) is 20.8 Å². The van der Waals surface area contributed by atoms with Gasteiger partial charge in [-0.2, -0.15) is 0 Å². The Morgan fingerprint density at radius 2 is 1.81 bits per heavy atom. The highest BCUT2D eigenvalue weighted by Gasteiger charge is 2.57. The zero-order valence-corrected chi connectivity index (χ0v) is 21.6. The fraction of sp³-hybridized carbons (Fsp3) is 0.500. The predicted octanol–water partition coefficient (Wildman–Crippen LogP) is 5.24. The van der Waals surface area contributed by atoms with Crippen molar-refractivity contribution in [1.29, 1.82) is 0 Å². The van der Waals surface area contributed by atoms with Crippen LogP contribution in [0.3, 0.4) is 0 Å². The van der Waals surface area contributed by atoms with E-state index in [2.05, 4.69) is 10.6 Å². The van der Waals surface area contributed by atoms with Gasteiger partial charge in [-0.3, -0.25) is 19.7 Å². The molecule has 37 heavy (non-hydrogen) atoms. The molecule has 0 spiro atoms. The van der Waals surface area contributed by atoms with E-state index in [9.17, 15) is 19.5 Å². The molecule has 2 saturated carbocycles. The number of benzene rings is 2. The molecule has 194 valence electrons. The van der Waals surface area contributed by atoms with E-state index in [1.54, 1.807) is 6.07 Å². The minimum atomic E-state index is -1.53. The van der Waals surface area contributed by atoms with Crippen LogP contribution >= 0.6 is 11.6 Å². The van der Waals surface area contributed by atoms with Crippen LogP contribution in [0, 0.1) is 5.92 Å². The minimum absolute atomic E-state index is 0.0541. The number of fused-ring (bicyclic) bond motifs is 3. The van der Waals surface area contributed by atoms with E-state index in [1.165, 1.54) is 0 Å². The summed E-state index contributed by atoms with van der Waals surface area (Å²) < 4.78 is 0. The van der Waals surface area contributed by atoms with E-state index in [-0.39, 0.29) is 24.4 Å². The van der Waals surface area contributed by atoms with Crippen molar-refractivity contribution in [2.45, 2.75) is 87.2 Å². The van der Waals surface area contributed by atoms with Gasteiger partial charge in [0.15, 0.2) is 0 Å². The van der Waals surface area contributed by atoms with Gasteiger partial charge >= 0.3 is 5.97 Å². The van der Waals surface area contributed by atoms with Crippen LogP contribution < -0.4 is 10.6 Å². The van der Waals surface area contributed by atoms with E-state index in [4.69, 9.17) is 11.6 Å². The molecule has 3 N–H and O–H groups in total. The Morgan fingerprint density at radius 1 is 1.00 bits per heavy atom. The standard InChI is InChI=1S/C30H33ClN2O4/c31-18-11-14-20-17(15-18)5-3-7-21(20)28(35)26(34)16-30(29(36)37,33-19-12-13-19)27-22-6-1-2-9-24(22)32-25-10-4-8-23(25)27/h1-2,6,9,11,14-15,19,21,23,25,27,32-33H,3-5,7-8,10,12-13,16H2,(H,36,37)/t21?,23-,25+,27?,30?/m0/s1. The molecule has 5 atom stereocenters. The van der Waals surface area contributed by atoms with Crippen molar-refractivity contribution < 1.29 is 19.5 Å². The molecule has 0 aromatic heterocycles.